The number of hydrogen-bond donors (Lipinski definition) is 1. The fraction of sp³-hybridized carbons (Fsp3) is 0.333. The molecule has 1 aliphatic heterocycles. The van der Waals surface area contributed by atoms with E-state index >= 15 is 0 Å². The number of rotatable bonds is 3. The molecule has 0 aromatic heterocycles. The molecule has 1 aromatic carbocycles. The zero-order valence-electron chi connectivity index (χ0n) is 11.0. The number of carbonyl (C=O) groups is 1. The molecule has 1 heterocycles. The van der Waals surface area contributed by atoms with Crippen LogP contribution in [0.5, 0.6) is 0 Å². The van der Waals surface area contributed by atoms with Gasteiger partial charge in [-0.1, -0.05) is 43.7 Å². The topological polar surface area (TPSA) is 41.5 Å². The van der Waals surface area contributed by atoms with E-state index in [1.807, 2.05) is 37.3 Å². The van der Waals surface area contributed by atoms with Crippen molar-refractivity contribution in [2.24, 2.45) is 10.9 Å². The van der Waals surface area contributed by atoms with Crippen molar-refractivity contribution in [3.05, 3.63) is 41.1 Å². The predicted molar refractivity (Wildman–Crippen MR) is 74.2 cm³/mol. The summed E-state index contributed by atoms with van der Waals surface area (Å²) in [6.45, 7) is 6.25. The number of carbonyl (C=O) groups excluding carboxylic acids is 1. The first-order valence-corrected chi connectivity index (χ1v) is 6.22. The number of amidine groups is 1. The van der Waals surface area contributed by atoms with Gasteiger partial charge in [-0.15, -0.1) is 0 Å². The molecule has 0 radical (unpaired) electrons. The first-order valence-electron chi connectivity index (χ1n) is 6.22. The summed E-state index contributed by atoms with van der Waals surface area (Å²) in [4.78, 5) is 16.1. The van der Waals surface area contributed by atoms with Crippen LogP contribution in [0.3, 0.4) is 0 Å². The van der Waals surface area contributed by atoms with E-state index in [0.717, 1.165) is 17.8 Å². The summed E-state index contributed by atoms with van der Waals surface area (Å²) in [7, 11) is 0. The first-order chi connectivity index (χ1) is 8.54. The highest BCUT2D eigenvalue weighted by molar-refractivity contribution is 6.14. The van der Waals surface area contributed by atoms with Crippen LogP contribution in [0.1, 0.15) is 31.4 Å². The number of amides is 1. The summed E-state index contributed by atoms with van der Waals surface area (Å²) in [5.74, 6) is 1.15. The summed E-state index contributed by atoms with van der Waals surface area (Å²) in [6, 6.07) is 8.03. The SMILES string of the molecule is Cc1ccc(/C=C2/N=C(CC(C)C)NC2=O)cc1. The fourth-order valence-electron chi connectivity index (χ4n) is 1.82. The zero-order valence-corrected chi connectivity index (χ0v) is 11.0. The van der Waals surface area contributed by atoms with E-state index in [9.17, 15) is 4.79 Å². The fourth-order valence-corrected chi connectivity index (χ4v) is 1.82. The highest BCUT2D eigenvalue weighted by atomic mass is 16.2. The highest BCUT2D eigenvalue weighted by Crippen LogP contribution is 2.15. The van der Waals surface area contributed by atoms with Crippen LogP contribution in [0.2, 0.25) is 0 Å². The number of aliphatic imine (C=N–C) groups is 1. The van der Waals surface area contributed by atoms with Crippen LogP contribution in [0.25, 0.3) is 6.08 Å². The minimum atomic E-state index is -0.105. The molecule has 3 heteroatoms. The van der Waals surface area contributed by atoms with Gasteiger partial charge < -0.3 is 5.32 Å². The number of hydrogen-bond acceptors (Lipinski definition) is 2. The van der Waals surface area contributed by atoms with Gasteiger partial charge in [0.25, 0.3) is 5.91 Å². The van der Waals surface area contributed by atoms with Crippen LogP contribution in [0, 0.1) is 12.8 Å². The Balaban J connectivity index is 2.20. The van der Waals surface area contributed by atoms with Crippen molar-refractivity contribution < 1.29 is 4.79 Å². The van der Waals surface area contributed by atoms with Gasteiger partial charge in [-0.25, -0.2) is 4.99 Å². The van der Waals surface area contributed by atoms with Crippen LogP contribution < -0.4 is 5.32 Å². The van der Waals surface area contributed by atoms with Crippen LogP contribution in [0.4, 0.5) is 0 Å². The Labute approximate surface area is 108 Å². The largest absolute Gasteiger partial charge is 0.309 e. The van der Waals surface area contributed by atoms with Crippen LogP contribution in [0.15, 0.2) is 35.0 Å². The van der Waals surface area contributed by atoms with Crippen molar-refractivity contribution in [2.75, 3.05) is 0 Å². The predicted octanol–water partition coefficient (Wildman–Crippen LogP) is 2.91. The Kier molecular flexibility index (Phi) is 3.60. The normalized spacial score (nSPS) is 17.2. The zero-order chi connectivity index (χ0) is 13.1. The molecule has 0 fully saturated rings. The molecular weight excluding hydrogens is 224 g/mol. The molecule has 0 atom stereocenters. The first kappa shape index (κ1) is 12.6. The van der Waals surface area contributed by atoms with E-state index in [1.54, 1.807) is 0 Å². The van der Waals surface area contributed by atoms with Gasteiger partial charge in [-0.05, 0) is 24.5 Å². The number of nitrogens with zero attached hydrogens (tertiary/aromatic N) is 1. The smallest absolute Gasteiger partial charge is 0.275 e. The molecule has 0 saturated heterocycles. The van der Waals surface area contributed by atoms with E-state index < -0.39 is 0 Å². The van der Waals surface area contributed by atoms with Gasteiger partial charge in [0.05, 0.1) is 0 Å². The van der Waals surface area contributed by atoms with Crippen molar-refractivity contribution in [3.8, 4) is 0 Å². The van der Waals surface area contributed by atoms with Crippen molar-refractivity contribution in [1.29, 1.82) is 0 Å². The van der Waals surface area contributed by atoms with E-state index in [4.69, 9.17) is 0 Å². The Hall–Kier alpha value is -1.90. The Morgan fingerprint density at radius 1 is 1.28 bits per heavy atom. The molecule has 0 unspecified atom stereocenters. The van der Waals surface area contributed by atoms with E-state index in [-0.39, 0.29) is 5.91 Å². The van der Waals surface area contributed by atoms with Crippen LogP contribution >= 0.6 is 0 Å². The van der Waals surface area contributed by atoms with Gasteiger partial charge in [0, 0.05) is 6.42 Å². The molecule has 1 aliphatic rings. The minimum absolute atomic E-state index is 0.105. The molecule has 3 nitrogen and oxygen atoms in total. The number of benzene rings is 1. The van der Waals surface area contributed by atoms with E-state index in [2.05, 4.69) is 24.2 Å². The average Bonchev–Trinajstić information content (AvgIpc) is 2.61. The van der Waals surface area contributed by atoms with Crippen molar-refractivity contribution in [1.82, 2.24) is 5.32 Å². The average molecular weight is 242 g/mol. The molecule has 0 aliphatic carbocycles. The molecule has 0 spiro atoms. The molecule has 2 rings (SSSR count). The summed E-state index contributed by atoms with van der Waals surface area (Å²) in [5, 5.41) is 2.81. The standard InChI is InChI=1S/C15H18N2O/c1-10(2)8-14-16-13(15(18)17-14)9-12-6-4-11(3)5-7-12/h4-7,9-10H,8H2,1-3H3,(H,16,17,18)/b13-9+. The molecule has 94 valence electrons. The van der Waals surface area contributed by atoms with Gasteiger partial charge in [0.1, 0.15) is 11.5 Å². The lowest BCUT2D eigenvalue weighted by Gasteiger charge is -2.02. The quantitative estimate of drug-likeness (QED) is 0.813. The molecule has 18 heavy (non-hydrogen) atoms. The molecule has 0 bridgehead atoms. The van der Waals surface area contributed by atoms with Crippen molar-refractivity contribution >= 4 is 17.8 Å². The monoisotopic (exact) mass is 242 g/mol. The molecule has 1 amide bonds. The molecule has 0 saturated carbocycles. The molecule has 1 aromatic rings. The summed E-state index contributed by atoms with van der Waals surface area (Å²) >= 11 is 0. The van der Waals surface area contributed by atoms with Gasteiger partial charge in [-0.3, -0.25) is 4.79 Å². The molecule has 1 N–H and O–H groups in total. The Morgan fingerprint density at radius 2 is 1.94 bits per heavy atom. The lowest BCUT2D eigenvalue weighted by Crippen LogP contribution is -2.24. The lowest BCUT2D eigenvalue weighted by atomic mass is 10.1. The van der Waals surface area contributed by atoms with Gasteiger partial charge in [0.2, 0.25) is 0 Å². The second kappa shape index (κ2) is 5.17. The van der Waals surface area contributed by atoms with Gasteiger partial charge in [0.15, 0.2) is 0 Å². The lowest BCUT2D eigenvalue weighted by molar-refractivity contribution is -0.115. The van der Waals surface area contributed by atoms with E-state index in [1.165, 1.54) is 5.56 Å². The Bertz CT molecular complexity index is 510. The maximum atomic E-state index is 11.7. The number of nitrogens with one attached hydrogen (secondary N) is 1. The van der Waals surface area contributed by atoms with Crippen LogP contribution in [-0.4, -0.2) is 11.7 Å². The van der Waals surface area contributed by atoms with E-state index in [0.29, 0.717) is 11.6 Å². The molecular formula is C15H18N2O. The maximum absolute atomic E-state index is 11.7. The third kappa shape index (κ3) is 3.06. The summed E-state index contributed by atoms with van der Waals surface area (Å²) < 4.78 is 0. The van der Waals surface area contributed by atoms with Crippen molar-refractivity contribution in [3.63, 3.8) is 0 Å². The number of aryl methyl sites for hydroxylation is 1. The summed E-state index contributed by atoms with van der Waals surface area (Å²) in [5.41, 5.74) is 2.70. The second-order valence-corrected chi connectivity index (χ2v) is 5.05. The highest BCUT2D eigenvalue weighted by Gasteiger charge is 2.20. The third-order valence-corrected chi connectivity index (χ3v) is 2.73. The summed E-state index contributed by atoms with van der Waals surface area (Å²) in [6.07, 6.45) is 2.62. The minimum Gasteiger partial charge on any atom is -0.309 e. The maximum Gasteiger partial charge on any atom is 0.275 e. The Morgan fingerprint density at radius 3 is 2.56 bits per heavy atom. The van der Waals surface area contributed by atoms with Gasteiger partial charge >= 0.3 is 0 Å². The second-order valence-electron chi connectivity index (χ2n) is 5.05. The van der Waals surface area contributed by atoms with Crippen LogP contribution in [-0.2, 0) is 4.79 Å². The third-order valence-electron chi connectivity index (χ3n) is 2.73. The van der Waals surface area contributed by atoms with Gasteiger partial charge in [-0.2, -0.15) is 0 Å². The van der Waals surface area contributed by atoms with Crippen molar-refractivity contribution in [2.45, 2.75) is 27.2 Å².